The summed E-state index contributed by atoms with van der Waals surface area (Å²) in [6.45, 7) is 0.462. The number of nitrogens with zero attached hydrogens (tertiary/aromatic N) is 3. The Balaban J connectivity index is 1.68. The molecule has 1 saturated carbocycles. The predicted octanol–water partition coefficient (Wildman–Crippen LogP) is 3.99. The van der Waals surface area contributed by atoms with Crippen LogP contribution in [-0.2, 0) is 6.54 Å². The zero-order chi connectivity index (χ0) is 15.8. The van der Waals surface area contributed by atoms with E-state index in [9.17, 15) is 4.39 Å². The maximum absolute atomic E-state index is 13.7. The highest BCUT2D eigenvalue weighted by Gasteiger charge is 2.28. The smallest absolute Gasteiger partial charge is 0.143 e. The predicted molar refractivity (Wildman–Crippen MR) is 86.4 cm³/mol. The standard InChI is InChI=1S/C18H15FN4/c19-14-4-3-6-15(13(14)10-20)21-11-18-22-16-5-1-2-7-17(16)23(18)12-8-9-12/h1-7,12,21H,8-9,11H2. The minimum absolute atomic E-state index is 0.0431. The second-order valence-electron chi connectivity index (χ2n) is 5.75. The lowest BCUT2D eigenvalue weighted by Crippen LogP contribution is -2.09. The number of hydrogen-bond acceptors (Lipinski definition) is 3. The number of aromatic nitrogens is 2. The lowest BCUT2D eigenvalue weighted by atomic mass is 10.2. The molecule has 1 aliphatic carbocycles. The van der Waals surface area contributed by atoms with Gasteiger partial charge < -0.3 is 9.88 Å². The molecule has 4 nitrogen and oxygen atoms in total. The van der Waals surface area contributed by atoms with Crippen LogP contribution in [0.15, 0.2) is 42.5 Å². The molecule has 0 unspecified atom stereocenters. The van der Waals surface area contributed by atoms with Gasteiger partial charge in [-0.25, -0.2) is 9.37 Å². The first-order chi connectivity index (χ1) is 11.3. The molecule has 1 heterocycles. The van der Waals surface area contributed by atoms with Crippen molar-refractivity contribution < 1.29 is 4.39 Å². The van der Waals surface area contributed by atoms with Crippen LogP contribution in [0, 0.1) is 17.1 Å². The molecule has 0 spiro atoms. The number of fused-ring (bicyclic) bond motifs is 1. The maximum Gasteiger partial charge on any atom is 0.143 e. The molecule has 114 valence electrons. The number of imidazole rings is 1. The number of hydrogen-bond donors (Lipinski definition) is 1. The molecule has 3 aromatic rings. The number of rotatable bonds is 4. The summed E-state index contributed by atoms with van der Waals surface area (Å²) < 4.78 is 15.9. The summed E-state index contributed by atoms with van der Waals surface area (Å²) in [6, 6.07) is 15.1. The number of nitrogens with one attached hydrogen (secondary N) is 1. The van der Waals surface area contributed by atoms with Gasteiger partial charge in [-0.2, -0.15) is 5.26 Å². The van der Waals surface area contributed by atoms with Crippen LogP contribution in [0.3, 0.4) is 0 Å². The Morgan fingerprint density at radius 3 is 2.83 bits per heavy atom. The Labute approximate surface area is 133 Å². The molecule has 0 saturated heterocycles. The van der Waals surface area contributed by atoms with E-state index in [1.165, 1.54) is 6.07 Å². The second kappa shape index (κ2) is 5.40. The highest BCUT2D eigenvalue weighted by Crippen LogP contribution is 2.38. The van der Waals surface area contributed by atoms with E-state index in [4.69, 9.17) is 10.2 Å². The Bertz CT molecular complexity index is 918. The minimum Gasteiger partial charge on any atom is -0.377 e. The number of halogens is 1. The molecule has 4 rings (SSSR count). The van der Waals surface area contributed by atoms with E-state index >= 15 is 0 Å². The van der Waals surface area contributed by atoms with Crippen LogP contribution in [0.1, 0.15) is 30.3 Å². The summed E-state index contributed by atoms with van der Waals surface area (Å²) in [5.41, 5.74) is 2.64. The Hall–Kier alpha value is -2.87. The summed E-state index contributed by atoms with van der Waals surface area (Å²) in [5.74, 6) is 0.412. The highest BCUT2D eigenvalue weighted by molar-refractivity contribution is 5.76. The summed E-state index contributed by atoms with van der Waals surface area (Å²) in [6.07, 6.45) is 2.33. The SMILES string of the molecule is N#Cc1c(F)cccc1NCc1nc2ccccc2n1C1CC1. The Kier molecular flexibility index (Phi) is 3.23. The average Bonchev–Trinajstić information content (AvgIpc) is 3.33. The Morgan fingerprint density at radius 1 is 1.22 bits per heavy atom. The quantitative estimate of drug-likeness (QED) is 0.793. The molecule has 1 fully saturated rings. The van der Waals surface area contributed by atoms with Gasteiger partial charge >= 0.3 is 0 Å². The van der Waals surface area contributed by atoms with Gasteiger partial charge in [-0.05, 0) is 37.1 Å². The van der Waals surface area contributed by atoms with Gasteiger partial charge in [-0.3, -0.25) is 0 Å². The zero-order valence-electron chi connectivity index (χ0n) is 12.5. The van der Waals surface area contributed by atoms with E-state index in [1.807, 2.05) is 24.3 Å². The van der Waals surface area contributed by atoms with Crippen LogP contribution in [0.5, 0.6) is 0 Å². The van der Waals surface area contributed by atoms with Crippen LogP contribution < -0.4 is 5.32 Å². The average molecular weight is 306 g/mol. The summed E-state index contributed by atoms with van der Waals surface area (Å²) in [4.78, 5) is 4.69. The maximum atomic E-state index is 13.7. The van der Waals surface area contributed by atoms with Crippen LogP contribution in [0.4, 0.5) is 10.1 Å². The normalized spacial score (nSPS) is 13.9. The second-order valence-corrected chi connectivity index (χ2v) is 5.75. The van der Waals surface area contributed by atoms with Gasteiger partial charge in [-0.15, -0.1) is 0 Å². The number of nitriles is 1. The van der Waals surface area contributed by atoms with E-state index in [2.05, 4.69) is 16.0 Å². The zero-order valence-corrected chi connectivity index (χ0v) is 12.5. The minimum atomic E-state index is -0.506. The molecule has 1 N–H and O–H groups in total. The van der Waals surface area contributed by atoms with Crippen molar-refractivity contribution in [1.29, 1.82) is 5.26 Å². The van der Waals surface area contributed by atoms with Crippen molar-refractivity contribution in [2.75, 3.05) is 5.32 Å². The third-order valence-electron chi connectivity index (χ3n) is 4.14. The van der Waals surface area contributed by atoms with Crippen molar-refractivity contribution in [2.45, 2.75) is 25.4 Å². The lowest BCUT2D eigenvalue weighted by Gasteiger charge is -2.11. The fraction of sp³-hybridized carbons (Fsp3) is 0.222. The van der Waals surface area contributed by atoms with E-state index in [1.54, 1.807) is 12.1 Å². The highest BCUT2D eigenvalue weighted by atomic mass is 19.1. The fourth-order valence-corrected chi connectivity index (χ4v) is 2.92. The largest absolute Gasteiger partial charge is 0.377 e. The van der Waals surface area contributed by atoms with Crippen molar-refractivity contribution in [3.8, 4) is 6.07 Å². The molecule has 1 aromatic heterocycles. The van der Waals surface area contributed by atoms with E-state index in [0.29, 0.717) is 18.3 Å². The molecule has 0 amide bonds. The molecule has 5 heteroatoms. The van der Waals surface area contributed by atoms with Gasteiger partial charge in [0.15, 0.2) is 0 Å². The molecule has 2 aromatic carbocycles. The van der Waals surface area contributed by atoms with Crippen LogP contribution in [-0.4, -0.2) is 9.55 Å². The van der Waals surface area contributed by atoms with E-state index < -0.39 is 5.82 Å². The van der Waals surface area contributed by atoms with Crippen molar-refractivity contribution in [2.24, 2.45) is 0 Å². The van der Waals surface area contributed by atoms with Crippen LogP contribution in [0.25, 0.3) is 11.0 Å². The fourth-order valence-electron chi connectivity index (χ4n) is 2.92. The van der Waals surface area contributed by atoms with Gasteiger partial charge in [0.05, 0.1) is 23.3 Å². The monoisotopic (exact) mass is 306 g/mol. The molecule has 23 heavy (non-hydrogen) atoms. The van der Waals surface area contributed by atoms with Gasteiger partial charge in [0.2, 0.25) is 0 Å². The molecule has 0 bridgehead atoms. The number of anilines is 1. The topological polar surface area (TPSA) is 53.6 Å². The lowest BCUT2D eigenvalue weighted by molar-refractivity contribution is 0.624. The third-order valence-corrected chi connectivity index (χ3v) is 4.14. The van der Waals surface area contributed by atoms with Crippen molar-refractivity contribution in [3.05, 3.63) is 59.7 Å². The number of para-hydroxylation sites is 2. The first-order valence-electron chi connectivity index (χ1n) is 7.66. The third kappa shape index (κ3) is 2.42. The molecular weight excluding hydrogens is 291 g/mol. The van der Waals surface area contributed by atoms with E-state index in [0.717, 1.165) is 29.7 Å². The van der Waals surface area contributed by atoms with Gasteiger partial charge in [0.1, 0.15) is 23.3 Å². The molecule has 1 aliphatic rings. The summed E-state index contributed by atoms with van der Waals surface area (Å²) in [5, 5.41) is 12.3. The van der Waals surface area contributed by atoms with Crippen LogP contribution >= 0.6 is 0 Å². The van der Waals surface area contributed by atoms with Crippen molar-refractivity contribution in [3.63, 3.8) is 0 Å². The van der Waals surface area contributed by atoms with Crippen molar-refractivity contribution in [1.82, 2.24) is 9.55 Å². The summed E-state index contributed by atoms with van der Waals surface area (Å²) in [7, 11) is 0. The molecule has 0 aliphatic heterocycles. The Morgan fingerprint density at radius 2 is 2.04 bits per heavy atom. The molecule has 0 atom stereocenters. The first kappa shape index (κ1) is 13.8. The molecule has 0 radical (unpaired) electrons. The van der Waals surface area contributed by atoms with Crippen molar-refractivity contribution >= 4 is 16.7 Å². The summed E-state index contributed by atoms with van der Waals surface area (Å²) >= 11 is 0. The van der Waals surface area contributed by atoms with E-state index in [-0.39, 0.29) is 5.56 Å². The number of benzene rings is 2. The first-order valence-corrected chi connectivity index (χ1v) is 7.66. The van der Waals surface area contributed by atoms with Gasteiger partial charge in [0, 0.05) is 6.04 Å². The van der Waals surface area contributed by atoms with Gasteiger partial charge in [0.25, 0.3) is 0 Å². The van der Waals surface area contributed by atoms with Crippen LogP contribution in [0.2, 0.25) is 0 Å². The van der Waals surface area contributed by atoms with Gasteiger partial charge in [-0.1, -0.05) is 18.2 Å². The molecular formula is C18H15FN4.